The van der Waals surface area contributed by atoms with Gasteiger partial charge in [-0.25, -0.2) is 4.98 Å². The molecule has 0 unspecified atom stereocenters. The topological polar surface area (TPSA) is 12.9 Å². The molecule has 1 nitrogen and oxygen atoms in total. The molecule has 1 aliphatic rings. The molecule has 0 aliphatic heterocycles. The van der Waals surface area contributed by atoms with Crippen molar-refractivity contribution in [3.05, 3.63) is 29.0 Å². The maximum atomic E-state index is 5.85. The number of rotatable bonds is 2. The molecule has 0 saturated heterocycles. The van der Waals surface area contributed by atoms with Crippen molar-refractivity contribution < 1.29 is 0 Å². The Morgan fingerprint density at radius 1 is 1.21 bits per heavy atom. The van der Waals surface area contributed by atoms with Crippen LogP contribution in [0.5, 0.6) is 0 Å². The molecule has 0 aromatic carbocycles. The number of halogens is 1. The van der Waals surface area contributed by atoms with Crippen LogP contribution in [0.25, 0.3) is 0 Å². The molecule has 1 heterocycles. The number of pyridine rings is 1. The first-order chi connectivity index (χ1) is 6.84. The van der Waals surface area contributed by atoms with Gasteiger partial charge in [-0.15, -0.1) is 0 Å². The van der Waals surface area contributed by atoms with Gasteiger partial charge in [0.05, 0.1) is 0 Å². The largest absolute Gasteiger partial charge is 0.241 e. The van der Waals surface area contributed by atoms with Crippen molar-refractivity contribution in [2.45, 2.75) is 38.5 Å². The minimum Gasteiger partial charge on any atom is -0.241 e. The molecule has 2 rings (SSSR count). The van der Waals surface area contributed by atoms with E-state index in [2.05, 4.69) is 11.1 Å². The van der Waals surface area contributed by atoms with Gasteiger partial charge >= 0.3 is 0 Å². The Labute approximate surface area is 90.5 Å². The third-order valence-electron chi connectivity index (χ3n) is 3.00. The van der Waals surface area contributed by atoms with Gasteiger partial charge in [-0.3, -0.25) is 0 Å². The Morgan fingerprint density at radius 2 is 2.00 bits per heavy atom. The molecule has 0 radical (unpaired) electrons. The monoisotopic (exact) mass is 209 g/mol. The van der Waals surface area contributed by atoms with Crippen LogP contribution in [0.2, 0.25) is 5.15 Å². The first-order valence-corrected chi connectivity index (χ1v) is 5.84. The summed E-state index contributed by atoms with van der Waals surface area (Å²) in [6, 6.07) is 5.92. The number of hydrogen-bond donors (Lipinski definition) is 0. The van der Waals surface area contributed by atoms with E-state index >= 15 is 0 Å². The van der Waals surface area contributed by atoms with E-state index in [1.807, 2.05) is 12.1 Å². The molecule has 0 amide bonds. The summed E-state index contributed by atoms with van der Waals surface area (Å²) in [4.78, 5) is 4.33. The minimum absolute atomic E-state index is 0.623. The van der Waals surface area contributed by atoms with E-state index < -0.39 is 0 Å². The fourth-order valence-electron chi connectivity index (χ4n) is 2.25. The smallest absolute Gasteiger partial charge is 0.129 e. The molecule has 0 spiro atoms. The van der Waals surface area contributed by atoms with Gasteiger partial charge in [-0.1, -0.05) is 49.8 Å². The highest BCUT2D eigenvalue weighted by Crippen LogP contribution is 2.26. The Bertz CT molecular complexity index is 292. The van der Waals surface area contributed by atoms with Gasteiger partial charge in [0.2, 0.25) is 0 Å². The molecule has 0 bridgehead atoms. The summed E-state index contributed by atoms with van der Waals surface area (Å²) in [6.45, 7) is 0. The molecular weight excluding hydrogens is 194 g/mol. The third-order valence-corrected chi connectivity index (χ3v) is 3.21. The maximum absolute atomic E-state index is 5.85. The standard InChI is InChI=1S/C12H16ClN/c13-12-8-4-7-11(14-12)9-10-5-2-1-3-6-10/h4,7-8,10H,1-3,5-6,9H2. The molecule has 0 atom stereocenters. The number of aromatic nitrogens is 1. The Kier molecular flexibility index (Phi) is 3.41. The molecule has 1 aromatic rings. The van der Waals surface area contributed by atoms with Crippen molar-refractivity contribution in [1.29, 1.82) is 0 Å². The van der Waals surface area contributed by atoms with Crippen molar-refractivity contribution in [1.82, 2.24) is 4.98 Å². The van der Waals surface area contributed by atoms with E-state index in [1.54, 1.807) is 0 Å². The summed E-state index contributed by atoms with van der Waals surface area (Å²) >= 11 is 5.85. The minimum atomic E-state index is 0.623. The van der Waals surface area contributed by atoms with Gasteiger partial charge in [0.15, 0.2) is 0 Å². The van der Waals surface area contributed by atoms with Crippen LogP contribution in [0.3, 0.4) is 0 Å². The van der Waals surface area contributed by atoms with Crippen LogP contribution >= 0.6 is 11.6 Å². The van der Waals surface area contributed by atoms with E-state index in [-0.39, 0.29) is 0 Å². The lowest BCUT2D eigenvalue weighted by molar-refractivity contribution is 0.354. The van der Waals surface area contributed by atoms with Gasteiger partial charge in [0.1, 0.15) is 5.15 Å². The van der Waals surface area contributed by atoms with Gasteiger partial charge < -0.3 is 0 Å². The molecule has 1 aliphatic carbocycles. The number of hydrogen-bond acceptors (Lipinski definition) is 1. The third kappa shape index (κ3) is 2.71. The van der Waals surface area contributed by atoms with Crippen LogP contribution in [-0.2, 0) is 6.42 Å². The van der Waals surface area contributed by atoms with Gasteiger partial charge in [0, 0.05) is 5.69 Å². The van der Waals surface area contributed by atoms with Crippen LogP contribution in [-0.4, -0.2) is 4.98 Å². The lowest BCUT2D eigenvalue weighted by Crippen LogP contribution is -2.10. The Hall–Kier alpha value is -0.560. The second-order valence-electron chi connectivity index (χ2n) is 4.16. The highest BCUT2D eigenvalue weighted by molar-refractivity contribution is 6.29. The van der Waals surface area contributed by atoms with Crippen LogP contribution in [0, 0.1) is 5.92 Å². The van der Waals surface area contributed by atoms with E-state index in [4.69, 9.17) is 11.6 Å². The SMILES string of the molecule is Clc1cccc(CC2CCCCC2)n1. The van der Waals surface area contributed by atoms with E-state index in [1.165, 1.54) is 32.1 Å². The molecule has 76 valence electrons. The molecular formula is C12H16ClN. The highest BCUT2D eigenvalue weighted by Gasteiger charge is 2.14. The summed E-state index contributed by atoms with van der Waals surface area (Å²) in [5.74, 6) is 0.842. The fraction of sp³-hybridized carbons (Fsp3) is 0.583. The first kappa shape index (κ1) is 9.97. The summed E-state index contributed by atoms with van der Waals surface area (Å²) in [5.41, 5.74) is 1.16. The lowest BCUT2D eigenvalue weighted by atomic mass is 9.86. The summed E-state index contributed by atoms with van der Waals surface area (Å²) in [6.07, 6.45) is 8.05. The quantitative estimate of drug-likeness (QED) is 0.675. The maximum Gasteiger partial charge on any atom is 0.129 e. The van der Waals surface area contributed by atoms with E-state index in [0.717, 1.165) is 18.0 Å². The van der Waals surface area contributed by atoms with Crippen LogP contribution in [0.4, 0.5) is 0 Å². The normalized spacial score (nSPS) is 18.4. The predicted octanol–water partition coefficient (Wildman–Crippen LogP) is 3.86. The average Bonchev–Trinajstić information content (AvgIpc) is 2.19. The molecule has 1 saturated carbocycles. The zero-order chi connectivity index (χ0) is 9.80. The highest BCUT2D eigenvalue weighted by atomic mass is 35.5. The Balaban J connectivity index is 1.95. The second kappa shape index (κ2) is 4.79. The van der Waals surface area contributed by atoms with Crippen LogP contribution in [0.15, 0.2) is 18.2 Å². The van der Waals surface area contributed by atoms with Crippen molar-refractivity contribution in [2.24, 2.45) is 5.92 Å². The Morgan fingerprint density at radius 3 is 2.71 bits per heavy atom. The van der Waals surface area contributed by atoms with E-state index in [9.17, 15) is 0 Å². The predicted molar refractivity (Wildman–Crippen MR) is 59.5 cm³/mol. The second-order valence-corrected chi connectivity index (χ2v) is 4.55. The molecule has 14 heavy (non-hydrogen) atoms. The zero-order valence-electron chi connectivity index (χ0n) is 8.38. The van der Waals surface area contributed by atoms with Crippen molar-refractivity contribution in [3.63, 3.8) is 0 Å². The van der Waals surface area contributed by atoms with Gasteiger partial charge in [-0.2, -0.15) is 0 Å². The van der Waals surface area contributed by atoms with Crippen LogP contribution < -0.4 is 0 Å². The van der Waals surface area contributed by atoms with Gasteiger partial charge in [-0.05, 0) is 24.5 Å². The summed E-state index contributed by atoms with van der Waals surface area (Å²) < 4.78 is 0. The van der Waals surface area contributed by atoms with E-state index in [0.29, 0.717) is 5.15 Å². The van der Waals surface area contributed by atoms with Gasteiger partial charge in [0.25, 0.3) is 0 Å². The summed E-state index contributed by atoms with van der Waals surface area (Å²) in [5, 5.41) is 0.623. The number of nitrogens with zero attached hydrogens (tertiary/aromatic N) is 1. The molecule has 0 N–H and O–H groups in total. The van der Waals surface area contributed by atoms with Crippen molar-refractivity contribution >= 4 is 11.6 Å². The molecule has 1 aromatic heterocycles. The first-order valence-electron chi connectivity index (χ1n) is 5.46. The summed E-state index contributed by atoms with van der Waals surface area (Å²) in [7, 11) is 0. The lowest BCUT2D eigenvalue weighted by Gasteiger charge is -2.20. The fourth-order valence-corrected chi connectivity index (χ4v) is 2.43. The zero-order valence-corrected chi connectivity index (χ0v) is 9.13. The van der Waals surface area contributed by atoms with Crippen molar-refractivity contribution in [3.8, 4) is 0 Å². The average molecular weight is 210 g/mol. The van der Waals surface area contributed by atoms with Crippen molar-refractivity contribution in [2.75, 3.05) is 0 Å². The van der Waals surface area contributed by atoms with Crippen LogP contribution in [0.1, 0.15) is 37.8 Å². The molecule has 1 fully saturated rings. The molecule has 2 heteroatoms.